The Morgan fingerprint density at radius 3 is 2.56 bits per heavy atom. The molecular weight excluding hydrogens is 344 g/mol. The molecule has 0 aliphatic carbocycles. The van der Waals surface area contributed by atoms with E-state index in [0.29, 0.717) is 24.6 Å². The molecule has 0 aromatic heterocycles. The molecule has 2 rings (SSSR count). The lowest BCUT2D eigenvalue weighted by molar-refractivity contribution is -0.140. The molecular formula is C17H24N2O5S. The van der Waals surface area contributed by atoms with Crippen LogP contribution in [0.5, 0.6) is 0 Å². The molecule has 1 aliphatic rings. The summed E-state index contributed by atoms with van der Waals surface area (Å²) in [4.78, 5) is 23.2. The van der Waals surface area contributed by atoms with Gasteiger partial charge < -0.3 is 10.1 Å². The van der Waals surface area contributed by atoms with Crippen molar-refractivity contribution in [1.29, 1.82) is 0 Å². The second-order valence-corrected chi connectivity index (χ2v) is 8.15. The molecule has 1 aromatic rings. The first-order chi connectivity index (χ1) is 11.8. The van der Waals surface area contributed by atoms with Gasteiger partial charge in [-0.05, 0) is 43.0 Å². The van der Waals surface area contributed by atoms with E-state index in [0.717, 1.165) is 12.8 Å². The van der Waals surface area contributed by atoms with E-state index >= 15 is 0 Å². The highest BCUT2D eigenvalue weighted by Gasteiger charge is 2.28. The summed E-state index contributed by atoms with van der Waals surface area (Å²) < 4.78 is 31.3. The maximum Gasteiger partial charge on any atom is 0.307 e. The smallest absolute Gasteiger partial charge is 0.307 e. The van der Waals surface area contributed by atoms with Gasteiger partial charge in [0.25, 0.3) is 5.91 Å². The van der Waals surface area contributed by atoms with Gasteiger partial charge in [0.15, 0.2) is 0 Å². The van der Waals surface area contributed by atoms with E-state index in [1.54, 1.807) is 0 Å². The first kappa shape index (κ1) is 19.4. The molecule has 1 fully saturated rings. The van der Waals surface area contributed by atoms with E-state index < -0.39 is 16.0 Å². The van der Waals surface area contributed by atoms with Crippen molar-refractivity contribution in [2.75, 3.05) is 26.7 Å². The SMILES string of the molecule is COC(=O)CCNC(=O)c1ccc(S(=O)(=O)N2CCC[C@@H](C)C2)cc1. The normalized spacial score (nSPS) is 18.6. The predicted molar refractivity (Wildman–Crippen MR) is 92.6 cm³/mol. The van der Waals surface area contributed by atoms with Gasteiger partial charge in [-0.1, -0.05) is 6.92 Å². The number of hydrogen-bond donors (Lipinski definition) is 1. The number of amides is 1. The highest BCUT2D eigenvalue weighted by Crippen LogP contribution is 2.23. The van der Waals surface area contributed by atoms with Crippen LogP contribution in [0.25, 0.3) is 0 Å². The van der Waals surface area contributed by atoms with Crippen molar-refractivity contribution in [2.45, 2.75) is 31.1 Å². The van der Waals surface area contributed by atoms with Gasteiger partial charge in [0.1, 0.15) is 0 Å². The van der Waals surface area contributed by atoms with Crippen molar-refractivity contribution in [1.82, 2.24) is 9.62 Å². The fraction of sp³-hybridized carbons (Fsp3) is 0.529. The zero-order valence-electron chi connectivity index (χ0n) is 14.5. The van der Waals surface area contributed by atoms with E-state index in [1.807, 2.05) is 6.92 Å². The molecule has 1 heterocycles. The van der Waals surface area contributed by atoms with Gasteiger partial charge in [0, 0.05) is 25.2 Å². The number of rotatable bonds is 6. The lowest BCUT2D eigenvalue weighted by Crippen LogP contribution is -2.39. The number of methoxy groups -OCH3 is 1. The first-order valence-electron chi connectivity index (χ1n) is 8.30. The molecule has 0 unspecified atom stereocenters. The van der Waals surface area contributed by atoms with Gasteiger partial charge in [0.2, 0.25) is 10.0 Å². The molecule has 1 saturated heterocycles. The number of esters is 1. The van der Waals surface area contributed by atoms with Crippen LogP contribution < -0.4 is 5.32 Å². The van der Waals surface area contributed by atoms with Crippen molar-refractivity contribution in [2.24, 2.45) is 5.92 Å². The highest BCUT2D eigenvalue weighted by molar-refractivity contribution is 7.89. The number of carbonyl (C=O) groups is 2. The molecule has 7 nitrogen and oxygen atoms in total. The number of ether oxygens (including phenoxy) is 1. The van der Waals surface area contributed by atoms with Crippen molar-refractivity contribution < 1.29 is 22.7 Å². The molecule has 0 radical (unpaired) electrons. The Kier molecular flexibility index (Phi) is 6.55. The summed E-state index contributed by atoms with van der Waals surface area (Å²) in [5.41, 5.74) is 0.343. The molecule has 8 heteroatoms. The van der Waals surface area contributed by atoms with E-state index in [9.17, 15) is 18.0 Å². The third-order valence-electron chi connectivity index (χ3n) is 4.22. The Morgan fingerprint density at radius 2 is 1.96 bits per heavy atom. The Hall–Kier alpha value is -1.93. The minimum absolute atomic E-state index is 0.0852. The van der Waals surface area contributed by atoms with Crippen LogP contribution in [-0.4, -0.2) is 51.3 Å². The zero-order valence-corrected chi connectivity index (χ0v) is 15.3. The summed E-state index contributed by atoms with van der Waals surface area (Å²) in [6, 6.07) is 5.86. The van der Waals surface area contributed by atoms with Crippen LogP contribution in [0.2, 0.25) is 0 Å². The number of nitrogens with one attached hydrogen (secondary N) is 1. The van der Waals surface area contributed by atoms with Crippen LogP contribution in [0.1, 0.15) is 36.5 Å². The summed E-state index contributed by atoms with van der Waals surface area (Å²) in [5.74, 6) is -0.416. The van der Waals surface area contributed by atoms with Crippen LogP contribution >= 0.6 is 0 Å². The van der Waals surface area contributed by atoms with E-state index in [4.69, 9.17) is 0 Å². The maximum atomic E-state index is 12.7. The topological polar surface area (TPSA) is 92.8 Å². The van der Waals surface area contributed by atoms with Gasteiger partial charge in [-0.15, -0.1) is 0 Å². The third kappa shape index (κ3) is 5.02. The third-order valence-corrected chi connectivity index (χ3v) is 6.10. The molecule has 1 N–H and O–H groups in total. The zero-order chi connectivity index (χ0) is 18.4. The highest BCUT2D eigenvalue weighted by atomic mass is 32.2. The largest absolute Gasteiger partial charge is 0.469 e. The minimum atomic E-state index is -3.53. The molecule has 1 aliphatic heterocycles. The summed E-state index contributed by atoms with van der Waals surface area (Å²) in [5, 5.41) is 2.59. The van der Waals surface area contributed by atoms with E-state index in [-0.39, 0.29) is 23.8 Å². The van der Waals surface area contributed by atoms with Crippen molar-refractivity contribution >= 4 is 21.9 Å². The lowest BCUT2D eigenvalue weighted by Gasteiger charge is -2.30. The number of carbonyl (C=O) groups excluding carboxylic acids is 2. The average Bonchev–Trinajstić information content (AvgIpc) is 2.61. The predicted octanol–water partition coefficient (Wildman–Crippen LogP) is 1.40. The number of hydrogen-bond acceptors (Lipinski definition) is 5. The Labute approximate surface area is 148 Å². The molecule has 1 amide bonds. The fourth-order valence-corrected chi connectivity index (χ4v) is 4.37. The molecule has 0 saturated carbocycles. The maximum absolute atomic E-state index is 12.7. The van der Waals surface area contributed by atoms with Gasteiger partial charge in [0.05, 0.1) is 18.4 Å². The molecule has 25 heavy (non-hydrogen) atoms. The standard InChI is InChI=1S/C17H24N2O5S/c1-13-4-3-11-19(12-13)25(22,23)15-7-5-14(6-8-15)17(21)18-10-9-16(20)24-2/h5-8,13H,3-4,9-12H2,1-2H3,(H,18,21)/t13-/m1/s1. The molecule has 138 valence electrons. The van der Waals surface area contributed by atoms with Gasteiger partial charge >= 0.3 is 5.97 Å². The lowest BCUT2D eigenvalue weighted by atomic mass is 10.0. The summed E-state index contributed by atoms with van der Waals surface area (Å²) in [7, 11) is -2.24. The van der Waals surface area contributed by atoms with E-state index in [1.165, 1.54) is 35.7 Å². The summed E-state index contributed by atoms with van der Waals surface area (Å²) in [6.07, 6.45) is 1.99. The fourth-order valence-electron chi connectivity index (χ4n) is 2.77. The van der Waals surface area contributed by atoms with Gasteiger partial charge in [-0.3, -0.25) is 9.59 Å². The van der Waals surface area contributed by atoms with Crippen LogP contribution in [0.4, 0.5) is 0 Å². The first-order valence-corrected chi connectivity index (χ1v) is 9.74. The minimum Gasteiger partial charge on any atom is -0.469 e. The summed E-state index contributed by atoms with van der Waals surface area (Å²) in [6.45, 7) is 3.27. The number of benzene rings is 1. The second-order valence-electron chi connectivity index (χ2n) is 6.22. The van der Waals surface area contributed by atoms with Crippen LogP contribution in [-0.2, 0) is 19.6 Å². The molecule has 0 bridgehead atoms. The Morgan fingerprint density at radius 1 is 1.28 bits per heavy atom. The van der Waals surface area contributed by atoms with Crippen LogP contribution in [0, 0.1) is 5.92 Å². The van der Waals surface area contributed by atoms with E-state index in [2.05, 4.69) is 10.1 Å². The molecule has 1 atom stereocenters. The number of sulfonamides is 1. The van der Waals surface area contributed by atoms with Crippen molar-refractivity contribution in [3.63, 3.8) is 0 Å². The molecule has 1 aromatic carbocycles. The van der Waals surface area contributed by atoms with Crippen molar-refractivity contribution in [3.05, 3.63) is 29.8 Å². The van der Waals surface area contributed by atoms with Crippen molar-refractivity contribution in [3.8, 4) is 0 Å². The number of piperidine rings is 1. The van der Waals surface area contributed by atoms with Crippen LogP contribution in [0.3, 0.4) is 0 Å². The monoisotopic (exact) mass is 368 g/mol. The number of nitrogens with zero attached hydrogens (tertiary/aromatic N) is 1. The second kappa shape index (κ2) is 8.44. The van der Waals surface area contributed by atoms with Gasteiger partial charge in [-0.25, -0.2) is 8.42 Å². The quantitative estimate of drug-likeness (QED) is 0.766. The Balaban J connectivity index is 2.01. The molecule has 0 spiro atoms. The summed E-state index contributed by atoms with van der Waals surface area (Å²) >= 11 is 0. The Bertz CT molecular complexity index is 715. The van der Waals surface area contributed by atoms with Gasteiger partial charge in [-0.2, -0.15) is 4.31 Å². The average molecular weight is 368 g/mol. The van der Waals surface area contributed by atoms with Crippen LogP contribution in [0.15, 0.2) is 29.2 Å².